The standard InChI is InChI=1S/C12H14N2O2/c13-8-9-4-1-2-5-10(9)14-11(15)6-3-7-12(14)16/h1-2,4-5H,3,6-8,13H2. The Bertz CT molecular complexity index is 413. The summed E-state index contributed by atoms with van der Waals surface area (Å²) in [5.74, 6) is -0.255. The van der Waals surface area contributed by atoms with Gasteiger partial charge in [0.15, 0.2) is 0 Å². The number of hydrogen-bond acceptors (Lipinski definition) is 3. The van der Waals surface area contributed by atoms with Crippen molar-refractivity contribution in [2.24, 2.45) is 5.73 Å². The number of piperidine rings is 1. The average Bonchev–Trinajstić information content (AvgIpc) is 2.29. The number of nitrogens with two attached hydrogens (primary N) is 1. The lowest BCUT2D eigenvalue weighted by Gasteiger charge is -2.26. The molecule has 1 heterocycles. The second-order valence-corrected chi connectivity index (χ2v) is 3.81. The van der Waals surface area contributed by atoms with Crippen LogP contribution in [0.5, 0.6) is 0 Å². The molecule has 0 unspecified atom stereocenters. The van der Waals surface area contributed by atoms with Gasteiger partial charge in [0, 0.05) is 19.4 Å². The smallest absolute Gasteiger partial charge is 0.233 e. The Hall–Kier alpha value is -1.68. The number of nitrogens with zero attached hydrogens (tertiary/aromatic N) is 1. The van der Waals surface area contributed by atoms with Crippen molar-refractivity contribution < 1.29 is 9.59 Å². The van der Waals surface area contributed by atoms with Gasteiger partial charge in [0.25, 0.3) is 0 Å². The molecular formula is C12H14N2O2. The summed E-state index contributed by atoms with van der Waals surface area (Å²) >= 11 is 0. The minimum absolute atomic E-state index is 0.128. The zero-order valence-corrected chi connectivity index (χ0v) is 8.98. The molecule has 1 saturated heterocycles. The number of hydrogen-bond donors (Lipinski definition) is 1. The molecule has 16 heavy (non-hydrogen) atoms. The molecule has 84 valence electrons. The van der Waals surface area contributed by atoms with Crippen molar-refractivity contribution in [3.05, 3.63) is 29.8 Å². The maximum Gasteiger partial charge on any atom is 0.233 e. The first-order chi connectivity index (χ1) is 7.74. The van der Waals surface area contributed by atoms with Crippen molar-refractivity contribution in [3.63, 3.8) is 0 Å². The van der Waals surface area contributed by atoms with E-state index >= 15 is 0 Å². The highest BCUT2D eigenvalue weighted by Crippen LogP contribution is 2.25. The quantitative estimate of drug-likeness (QED) is 0.758. The van der Waals surface area contributed by atoms with Gasteiger partial charge in [-0.1, -0.05) is 18.2 Å². The summed E-state index contributed by atoms with van der Waals surface area (Å²) < 4.78 is 0. The van der Waals surface area contributed by atoms with Crippen molar-refractivity contribution in [1.82, 2.24) is 0 Å². The van der Waals surface area contributed by atoms with Gasteiger partial charge >= 0.3 is 0 Å². The summed E-state index contributed by atoms with van der Waals surface area (Å²) in [6, 6.07) is 7.27. The van der Waals surface area contributed by atoms with Crippen LogP contribution in [-0.2, 0) is 16.1 Å². The Balaban J connectivity index is 2.41. The lowest BCUT2D eigenvalue weighted by Crippen LogP contribution is -2.40. The van der Waals surface area contributed by atoms with Crippen molar-refractivity contribution in [2.75, 3.05) is 4.90 Å². The van der Waals surface area contributed by atoms with Crippen molar-refractivity contribution in [1.29, 1.82) is 0 Å². The van der Waals surface area contributed by atoms with Crippen LogP contribution in [0.25, 0.3) is 0 Å². The van der Waals surface area contributed by atoms with Gasteiger partial charge in [-0.3, -0.25) is 14.5 Å². The normalized spacial score (nSPS) is 16.7. The van der Waals surface area contributed by atoms with E-state index in [0.29, 0.717) is 31.5 Å². The maximum absolute atomic E-state index is 11.7. The minimum Gasteiger partial charge on any atom is -0.326 e. The van der Waals surface area contributed by atoms with Crippen LogP contribution in [0.15, 0.2) is 24.3 Å². The zero-order valence-electron chi connectivity index (χ0n) is 8.98. The predicted octanol–water partition coefficient (Wildman–Crippen LogP) is 1.19. The molecule has 0 bridgehead atoms. The number of carbonyl (C=O) groups excluding carboxylic acids is 2. The molecule has 1 aliphatic heterocycles. The predicted molar refractivity (Wildman–Crippen MR) is 60.7 cm³/mol. The first-order valence-electron chi connectivity index (χ1n) is 5.38. The van der Waals surface area contributed by atoms with E-state index in [1.54, 1.807) is 6.07 Å². The third-order valence-corrected chi connectivity index (χ3v) is 2.73. The van der Waals surface area contributed by atoms with Crippen LogP contribution >= 0.6 is 0 Å². The summed E-state index contributed by atoms with van der Waals surface area (Å²) in [7, 11) is 0. The molecule has 4 heteroatoms. The van der Waals surface area contributed by atoms with E-state index < -0.39 is 0 Å². The van der Waals surface area contributed by atoms with Crippen molar-refractivity contribution in [2.45, 2.75) is 25.8 Å². The van der Waals surface area contributed by atoms with E-state index in [2.05, 4.69) is 0 Å². The third-order valence-electron chi connectivity index (χ3n) is 2.73. The summed E-state index contributed by atoms with van der Waals surface area (Å²) in [4.78, 5) is 24.7. The van der Waals surface area contributed by atoms with E-state index in [0.717, 1.165) is 5.56 Å². The van der Waals surface area contributed by atoms with Crippen LogP contribution in [0.4, 0.5) is 5.69 Å². The third kappa shape index (κ3) is 1.84. The number of rotatable bonds is 2. The zero-order chi connectivity index (χ0) is 11.5. The Morgan fingerprint density at radius 2 is 1.75 bits per heavy atom. The monoisotopic (exact) mass is 218 g/mol. The van der Waals surface area contributed by atoms with Gasteiger partial charge < -0.3 is 5.73 Å². The van der Waals surface area contributed by atoms with Gasteiger partial charge in [-0.25, -0.2) is 0 Å². The topological polar surface area (TPSA) is 63.4 Å². The Morgan fingerprint density at radius 3 is 2.38 bits per heavy atom. The fraction of sp³-hybridized carbons (Fsp3) is 0.333. The van der Waals surface area contributed by atoms with Crippen molar-refractivity contribution >= 4 is 17.5 Å². The highest BCUT2D eigenvalue weighted by atomic mass is 16.2. The Labute approximate surface area is 94.0 Å². The fourth-order valence-electron chi connectivity index (χ4n) is 1.92. The number of amides is 2. The van der Waals surface area contributed by atoms with E-state index in [-0.39, 0.29) is 11.8 Å². The minimum atomic E-state index is -0.128. The van der Waals surface area contributed by atoms with Crippen LogP contribution in [0.2, 0.25) is 0 Å². The molecule has 2 N–H and O–H groups in total. The Morgan fingerprint density at radius 1 is 1.12 bits per heavy atom. The average molecular weight is 218 g/mol. The number of imide groups is 1. The van der Waals surface area contributed by atoms with Crippen LogP contribution in [0.1, 0.15) is 24.8 Å². The molecule has 1 aromatic carbocycles. The molecule has 1 aromatic rings. The first-order valence-corrected chi connectivity index (χ1v) is 5.38. The summed E-state index contributed by atoms with van der Waals surface area (Å²) in [5, 5.41) is 0. The van der Waals surface area contributed by atoms with Gasteiger partial charge in [0.1, 0.15) is 0 Å². The highest BCUT2D eigenvalue weighted by molar-refractivity contribution is 6.16. The molecule has 1 fully saturated rings. The molecule has 0 atom stereocenters. The number of benzene rings is 1. The van der Waals surface area contributed by atoms with Crippen molar-refractivity contribution in [3.8, 4) is 0 Å². The number of carbonyl (C=O) groups is 2. The van der Waals surface area contributed by atoms with E-state index in [4.69, 9.17) is 5.73 Å². The van der Waals surface area contributed by atoms with Crippen LogP contribution < -0.4 is 10.6 Å². The number of para-hydroxylation sites is 1. The molecular weight excluding hydrogens is 204 g/mol. The fourth-order valence-corrected chi connectivity index (χ4v) is 1.92. The molecule has 0 aliphatic carbocycles. The molecule has 0 spiro atoms. The van der Waals surface area contributed by atoms with E-state index in [1.807, 2.05) is 18.2 Å². The lowest BCUT2D eigenvalue weighted by molar-refractivity contribution is -0.129. The molecule has 0 radical (unpaired) electrons. The maximum atomic E-state index is 11.7. The molecule has 1 aliphatic rings. The first kappa shape index (κ1) is 10.8. The second kappa shape index (κ2) is 4.45. The summed E-state index contributed by atoms with van der Waals surface area (Å²) in [5.41, 5.74) is 7.06. The van der Waals surface area contributed by atoms with Crippen LogP contribution in [-0.4, -0.2) is 11.8 Å². The van der Waals surface area contributed by atoms with Gasteiger partial charge in [0.2, 0.25) is 11.8 Å². The molecule has 0 aromatic heterocycles. The van der Waals surface area contributed by atoms with Gasteiger partial charge in [-0.15, -0.1) is 0 Å². The highest BCUT2D eigenvalue weighted by Gasteiger charge is 2.28. The Kier molecular flexibility index (Phi) is 3.01. The molecule has 4 nitrogen and oxygen atoms in total. The summed E-state index contributed by atoms with van der Waals surface area (Å²) in [6.07, 6.45) is 1.52. The van der Waals surface area contributed by atoms with Crippen LogP contribution in [0, 0.1) is 0 Å². The second-order valence-electron chi connectivity index (χ2n) is 3.81. The van der Waals surface area contributed by atoms with Gasteiger partial charge in [-0.2, -0.15) is 0 Å². The molecule has 0 saturated carbocycles. The SMILES string of the molecule is NCc1ccccc1N1C(=O)CCCC1=O. The largest absolute Gasteiger partial charge is 0.326 e. The van der Waals surface area contributed by atoms with E-state index in [1.165, 1.54) is 4.90 Å². The van der Waals surface area contributed by atoms with E-state index in [9.17, 15) is 9.59 Å². The summed E-state index contributed by atoms with van der Waals surface area (Å²) in [6.45, 7) is 0.327. The molecule has 2 amide bonds. The number of anilines is 1. The van der Waals surface area contributed by atoms with Gasteiger partial charge in [0.05, 0.1) is 5.69 Å². The lowest BCUT2D eigenvalue weighted by atomic mass is 10.1. The van der Waals surface area contributed by atoms with Gasteiger partial charge in [-0.05, 0) is 18.1 Å². The molecule has 2 rings (SSSR count). The van der Waals surface area contributed by atoms with Crippen LogP contribution in [0.3, 0.4) is 0 Å².